The molecule has 0 bridgehead atoms. The molecule has 0 amide bonds. The maximum Gasteiger partial charge on any atom is 0.185 e. The number of guanidine groups is 1. The lowest BCUT2D eigenvalue weighted by molar-refractivity contribution is 1.11. The molecule has 0 fully saturated rings. The average Bonchev–Trinajstić information content (AvgIpc) is 2.11. The van der Waals surface area contributed by atoms with E-state index in [1.807, 2.05) is 6.92 Å². The monoisotopic (exact) mass is 229 g/mol. The summed E-state index contributed by atoms with van der Waals surface area (Å²) in [6.07, 6.45) is 0. The summed E-state index contributed by atoms with van der Waals surface area (Å²) >= 11 is 0. The molecule has 86 valence electrons. The number of hydrogen-bond donors (Lipinski definition) is 2. The predicted octanol–water partition coefficient (Wildman–Crippen LogP) is 2.00. The van der Waals surface area contributed by atoms with Gasteiger partial charge in [-0.3, -0.25) is 4.99 Å². The van der Waals surface area contributed by atoms with Crippen LogP contribution in [0.3, 0.4) is 0 Å². The minimum absolute atomic E-state index is 0. The first-order chi connectivity index (χ1) is 6.57. The van der Waals surface area contributed by atoms with Gasteiger partial charge < -0.3 is 11.5 Å². The molecular weight excluding hydrogens is 210 g/mol. The standard InChI is InChI=1S/C8H10.C3H9N3.ClH/c1-7-5-3-4-6-8(7)2;1-2-6-3(4)5;/h3-6H,1-2H3;2H2,1H3,(H4,4,5,6);1H. The van der Waals surface area contributed by atoms with Gasteiger partial charge in [0.15, 0.2) is 5.96 Å². The summed E-state index contributed by atoms with van der Waals surface area (Å²) in [6.45, 7) is 6.78. The van der Waals surface area contributed by atoms with E-state index in [1.54, 1.807) is 0 Å². The van der Waals surface area contributed by atoms with Gasteiger partial charge in [0.25, 0.3) is 0 Å². The van der Waals surface area contributed by atoms with Crippen molar-refractivity contribution >= 4 is 18.4 Å². The van der Waals surface area contributed by atoms with Gasteiger partial charge >= 0.3 is 0 Å². The molecule has 1 aromatic carbocycles. The third kappa shape index (κ3) is 9.09. The molecule has 0 heterocycles. The molecule has 0 saturated carbocycles. The van der Waals surface area contributed by atoms with E-state index in [0.29, 0.717) is 6.54 Å². The van der Waals surface area contributed by atoms with Crippen molar-refractivity contribution in [2.75, 3.05) is 6.54 Å². The van der Waals surface area contributed by atoms with Crippen molar-refractivity contribution in [1.29, 1.82) is 0 Å². The molecule has 4 heteroatoms. The average molecular weight is 230 g/mol. The largest absolute Gasteiger partial charge is 0.370 e. The predicted molar refractivity (Wildman–Crippen MR) is 69.5 cm³/mol. The lowest BCUT2D eigenvalue weighted by atomic mass is 10.1. The second-order valence-electron chi connectivity index (χ2n) is 2.98. The van der Waals surface area contributed by atoms with Gasteiger partial charge in [0.05, 0.1) is 0 Å². The van der Waals surface area contributed by atoms with Gasteiger partial charge in [-0.25, -0.2) is 0 Å². The maximum atomic E-state index is 4.93. The van der Waals surface area contributed by atoms with Crippen LogP contribution in [0.2, 0.25) is 0 Å². The minimum atomic E-state index is 0. The normalized spacial score (nSPS) is 7.93. The van der Waals surface area contributed by atoms with Gasteiger partial charge in [-0.1, -0.05) is 24.3 Å². The highest BCUT2D eigenvalue weighted by molar-refractivity contribution is 5.85. The Kier molecular flexibility index (Phi) is 10.1. The Bertz CT molecular complexity index is 273. The van der Waals surface area contributed by atoms with Gasteiger partial charge in [0, 0.05) is 6.54 Å². The molecule has 4 N–H and O–H groups in total. The van der Waals surface area contributed by atoms with Crippen LogP contribution in [0.25, 0.3) is 0 Å². The molecule has 0 radical (unpaired) electrons. The number of aliphatic imine (C=N–C) groups is 1. The molecule has 0 saturated heterocycles. The molecule has 0 unspecified atom stereocenters. The lowest BCUT2D eigenvalue weighted by Gasteiger charge is -1.93. The molecule has 15 heavy (non-hydrogen) atoms. The quantitative estimate of drug-likeness (QED) is 0.572. The third-order valence-electron chi connectivity index (χ3n) is 1.77. The van der Waals surface area contributed by atoms with Crippen LogP contribution in [0.5, 0.6) is 0 Å². The number of halogens is 1. The Balaban J connectivity index is 0. The van der Waals surface area contributed by atoms with Gasteiger partial charge in [0.2, 0.25) is 0 Å². The van der Waals surface area contributed by atoms with E-state index in [4.69, 9.17) is 11.5 Å². The van der Waals surface area contributed by atoms with Gasteiger partial charge in [-0.15, -0.1) is 12.4 Å². The highest BCUT2D eigenvalue weighted by Gasteiger charge is 1.83. The summed E-state index contributed by atoms with van der Waals surface area (Å²) in [7, 11) is 0. The number of aryl methyl sites for hydroxylation is 2. The topological polar surface area (TPSA) is 64.4 Å². The van der Waals surface area contributed by atoms with E-state index in [9.17, 15) is 0 Å². The Morgan fingerprint density at radius 2 is 1.53 bits per heavy atom. The smallest absolute Gasteiger partial charge is 0.185 e. The number of benzene rings is 1. The summed E-state index contributed by atoms with van der Waals surface area (Å²) in [5.41, 5.74) is 12.6. The van der Waals surface area contributed by atoms with Gasteiger partial charge in [-0.05, 0) is 31.9 Å². The number of hydrogen-bond acceptors (Lipinski definition) is 1. The van der Waals surface area contributed by atoms with Crippen LogP contribution < -0.4 is 11.5 Å². The minimum Gasteiger partial charge on any atom is -0.370 e. The van der Waals surface area contributed by atoms with Crippen LogP contribution in [0.15, 0.2) is 29.3 Å². The molecule has 0 aliphatic heterocycles. The highest BCUT2D eigenvalue weighted by Crippen LogP contribution is 2.02. The highest BCUT2D eigenvalue weighted by atomic mass is 35.5. The first kappa shape index (κ1) is 16.2. The van der Waals surface area contributed by atoms with Crippen molar-refractivity contribution in [2.24, 2.45) is 16.5 Å². The number of rotatable bonds is 1. The zero-order chi connectivity index (χ0) is 11.0. The zero-order valence-corrected chi connectivity index (χ0v) is 10.3. The molecule has 0 aliphatic carbocycles. The van der Waals surface area contributed by atoms with Crippen LogP contribution in [0.4, 0.5) is 0 Å². The molecule has 0 aromatic heterocycles. The summed E-state index contributed by atoms with van der Waals surface area (Å²) in [6, 6.07) is 8.36. The lowest BCUT2D eigenvalue weighted by Crippen LogP contribution is -2.22. The van der Waals surface area contributed by atoms with E-state index < -0.39 is 0 Å². The van der Waals surface area contributed by atoms with E-state index in [0.717, 1.165) is 0 Å². The Hall–Kier alpha value is -1.22. The molecule has 1 aromatic rings. The van der Waals surface area contributed by atoms with E-state index in [1.165, 1.54) is 11.1 Å². The van der Waals surface area contributed by atoms with Crippen molar-refractivity contribution in [1.82, 2.24) is 0 Å². The maximum absolute atomic E-state index is 4.93. The van der Waals surface area contributed by atoms with E-state index in [-0.39, 0.29) is 18.4 Å². The summed E-state index contributed by atoms with van der Waals surface area (Å²) in [5, 5.41) is 0. The number of nitrogens with two attached hydrogens (primary N) is 2. The fourth-order valence-electron chi connectivity index (χ4n) is 0.845. The summed E-state index contributed by atoms with van der Waals surface area (Å²) in [4.78, 5) is 3.60. The third-order valence-corrected chi connectivity index (χ3v) is 1.77. The van der Waals surface area contributed by atoms with Crippen molar-refractivity contribution in [3.8, 4) is 0 Å². The van der Waals surface area contributed by atoms with Crippen molar-refractivity contribution in [3.05, 3.63) is 35.4 Å². The zero-order valence-electron chi connectivity index (χ0n) is 9.53. The van der Waals surface area contributed by atoms with E-state index in [2.05, 4.69) is 43.1 Å². The van der Waals surface area contributed by atoms with Crippen molar-refractivity contribution in [3.63, 3.8) is 0 Å². The SMILES string of the molecule is CCN=C(N)N.Cc1ccccc1C.Cl. The van der Waals surface area contributed by atoms with Crippen LogP contribution in [0.1, 0.15) is 18.1 Å². The molecular formula is C11H20ClN3. The molecule has 3 nitrogen and oxygen atoms in total. The van der Waals surface area contributed by atoms with Crippen molar-refractivity contribution < 1.29 is 0 Å². The van der Waals surface area contributed by atoms with Crippen LogP contribution in [0, 0.1) is 13.8 Å². The van der Waals surface area contributed by atoms with Gasteiger partial charge in [0.1, 0.15) is 0 Å². The Morgan fingerprint density at radius 3 is 1.67 bits per heavy atom. The van der Waals surface area contributed by atoms with Gasteiger partial charge in [-0.2, -0.15) is 0 Å². The number of nitrogens with zero attached hydrogens (tertiary/aromatic N) is 1. The molecule has 0 spiro atoms. The first-order valence-electron chi connectivity index (χ1n) is 4.65. The second kappa shape index (κ2) is 9.34. The van der Waals surface area contributed by atoms with Crippen LogP contribution in [-0.2, 0) is 0 Å². The summed E-state index contributed by atoms with van der Waals surface area (Å²) < 4.78 is 0. The molecule has 0 aliphatic rings. The van der Waals surface area contributed by atoms with Crippen molar-refractivity contribution in [2.45, 2.75) is 20.8 Å². The Morgan fingerprint density at radius 1 is 1.13 bits per heavy atom. The fraction of sp³-hybridized carbons (Fsp3) is 0.364. The summed E-state index contributed by atoms with van der Waals surface area (Å²) in [5.74, 6) is 0.164. The fourth-order valence-corrected chi connectivity index (χ4v) is 0.845. The Labute approximate surface area is 98.0 Å². The van der Waals surface area contributed by atoms with Crippen LogP contribution >= 0.6 is 12.4 Å². The second-order valence-corrected chi connectivity index (χ2v) is 2.98. The van der Waals surface area contributed by atoms with Crippen LogP contribution in [-0.4, -0.2) is 12.5 Å². The first-order valence-corrected chi connectivity index (χ1v) is 4.65. The van der Waals surface area contributed by atoms with E-state index >= 15 is 0 Å². The molecule has 0 atom stereocenters. The molecule has 1 rings (SSSR count).